The Morgan fingerprint density at radius 3 is 0.962 bits per heavy atom. The fraction of sp³-hybridized carbons (Fsp3) is 1.00. The van der Waals surface area contributed by atoms with E-state index in [1.165, 1.54) is 0 Å². The number of hydrogen-bond acceptors (Lipinski definition) is 0. The van der Waals surface area contributed by atoms with E-state index in [2.05, 4.69) is 0 Å². The summed E-state index contributed by atoms with van der Waals surface area (Å²) in [6.45, 7) is -5.29. The summed E-state index contributed by atoms with van der Waals surface area (Å²) in [5.74, 6) is -30.6. The second kappa shape index (κ2) is 4.42. The summed E-state index contributed by atoms with van der Waals surface area (Å²) in [4.78, 5) is 0. The van der Waals surface area contributed by atoms with Crippen molar-refractivity contribution >= 4 is 0 Å². The van der Waals surface area contributed by atoms with Crippen molar-refractivity contribution in [2.45, 2.75) is 63.0 Å². The van der Waals surface area contributed by atoms with Crippen LogP contribution in [0.3, 0.4) is 0 Å². The fourth-order valence-corrected chi connectivity index (χ4v) is 4.29. The molecule has 0 spiro atoms. The topological polar surface area (TPSA) is 0 Å². The monoisotopic (exact) mass is 410 g/mol. The Labute approximate surface area is 139 Å². The molecule has 0 N–H and O–H groups in total. The van der Waals surface area contributed by atoms with Crippen LogP contribution in [0, 0.1) is 16.2 Å². The minimum Gasteiger partial charge on any atom is -0.250 e. The van der Waals surface area contributed by atoms with Crippen LogP contribution in [0.5, 0.6) is 0 Å². The van der Waals surface area contributed by atoms with Gasteiger partial charge in [-0.3, -0.25) is 4.39 Å². The minimum atomic E-state index is -6.21. The van der Waals surface area contributed by atoms with Crippen molar-refractivity contribution in [2.24, 2.45) is 16.2 Å². The van der Waals surface area contributed by atoms with Crippen LogP contribution < -0.4 is 0 Å². The van der Waals surface area contributed by atoms with Crippen molar-refractivity contribution < 1.29 is 52.7 Å². The van der Waals surface area contributed by atoms with Crippen LogP contribution in [0.2, 0.25) is 0 Å². The maximum Gasteiger partial charge on any atom is 0.304 e. The van der Waals surface area contributed by atoms with Crippen LogP contribution >= 0.6 is 0 Å². The van der Waals surface area contributed by atoms with Gasteiger partial charge < -0.3 is 0 Å². The largest absolute Gasteiger partial charge is 0.304 e. The van der Waals surface area contributed by atoms with Gasteiger partial charge in [0.25, 0.3) is 17.8 Å². The first-order chi connectivity index (χ1) is 11.1. The quantitative estimate of drug-likeness (QED) is 0.472. The highest BCUT2D eigenvalue weighted by Gasteiger charge is 3.06. The Kier molecular flexibility index (Phi) is 3.65. The highest BCUT2D eigenvalue weighted by atomic mass is 19.3. The lowest BCUT2D eigenvalue weighted by atomic mass is 9.39. The predicted octanol–water partition coefficient (Wildman–Crippen LogP) is 5.91. The molecule has 0 amide bonds. The van der Waals surface area contributed by atoms with Gasteiger partial charge in [0.05, 0.1) is 0 Å². The average Bonchev–Trinajstić information content (AvgIpc) is 2.48. The van der Waals surface area contributed by atoms with E-state index in [1.807, 2.05) is 0 Å². The third-order valence-electron chi connectivity index (χ3n) is 6.60. The molecular formula is C14H14F12. The van der Waals surface area contributed by atoms with E-state index in [4.69, 9.17) is 0 Å². The molecule has 2 bridgehead atoms. The van der Waals surface area contributed by atoms with Gasteiger partial charge in [0.2, 0.25) is 5.67 Å². The van der Waals surface area contributed by atoms with E-state index < -0.39 is 79.0 Å². The number of fused-ring (bicyclic) bond motifs is 2. The van der Waals surface area contributed by atoms with E-state index in [9.17, 15) is 52.7 Å². The maximum atomic E-state index is 14.7. The number of halogens is 12. The Balaban J connectivity index is 3.20. The molecule has 0 nitrogen and oxygen atoms in total. The van der Waals surface area contributed by atoms with Gasteiger partial charge in [-0.05, 0) is 27.7 Å². The Bertz CT molecular complexity index is 590. The van der Waals surface area contributed by atoms with Crippen LogP contribution in [0.4, 0.5) is 52.7 Å². The fourth-order valence-electron chi connectivity index (χ4n) is 4.29. The molecule has 0 radical (unpaired) electrons. The second-order valence-corrected chi connectivity index (χ2v) is 7.59. The zero-order valence-corrected chi connectivity index (χ0v) is 13.7. The van der Waals surface area contributed by atoms with Crippen LogP contribution in [0.25, 0.3) is 0 Å². The van der Waals surface area contributed by atoms with Crippen molar-refractivity contribution in [1.82, 2.24) is 0 Å². The first-order valence-corrected chi connectivity index (χ1v) is 7.20. The molecule has 12 heteroatoms. The van der Waals surface area contributed by atoms with Crippen molar-refractivity contribution in [3.8, 4) is 0 Å². The third-order valence-corrected chi connectivity index (χ3v) is 6.60. The summed E-state index contributed by atoms with van der Waals surface area (Å²) in [6.07, 6.45) is 0. The molecule has 2 unspecified atom stereocenters. The van der Waals surface area contributed by atoms with Crippen molar-refractivity contribution in [1.29, 1.82) is 0 Å². The molecule has 0 aliphatic heterocycles. The molecule has 2 saturated carbocycles. The summed E-state index contributed by atoms with van der Waals surface area (Å²) in [7, 11) is 0. The summed E-state index contributed by atoms with van der Waals surface area (Å²) in [5, 5.41) is 0. The van der Waals surface area contributed by atoms with Crippen LogP contribution in [0.1, 0.15) is 27.7 Å². The highest BCUT2D eigenvalue weighted by Crippen LogP contribution is 2.85. The van der Waals surface area contributed by atoms with E-state index in [1.54, 1.807) is 0 Å². The standard InChI is InChI=1S/C14H14F12/c1-6(5-15)10(17,18)7(2)12(21,22)8(3,11(6,19)20)14(25,26)9(4,16)13(7,23)24/h5H2,1-4H3. The van der Waals surface area contributed by atoms with E-state index in [0.29, 0.717) is 0 Å². The summed E-state index contributed by atoms with van der Waals surface area (Å²) >= 11 is 0. The molecular weight excluding hydrogens is 396 g/mol. The van der Waals surface area contributed by atoms with E-state index in [-0.39, 0.29) is 6.92 Å². The number of hydrogen-bond donors (Lipinski definition) is 0. The summed E-state index contributed by atoms with van der Waals surface area (Å²) in [5.41, 5.74) is -20.9. The van der Waals surface area contributed by atoms with Gasteiger partial charge >= 0.3 is 11.8 Å². The molecule has 154 valence electrons. The second-order valence-electron chi connectivity index (χ2n) is 7.59. The van der Waals surface area contributed by atoms with Gasteiger partial charge in [-0.15, -0.1) is 0 Å². The van der Waals surface area contributed by atoms with Crippen molar-refractivity contribution in [2.75, 3.05) is 6.67 Å². The lowest BCUT2D eigenvalue weighted by Gasteiger charge is -2.71. The van der Waals surface area contributed by atoms with Gasteiger partial charge in [0, 0.05) is 0 Å². The van der Waals surface area contributed by atoms with Crippen molar-refractivity contribution in [3.05, 3.63) is 0 Å². The highest BCUT2D eigenvalue weighted by molar-refractivity contribution is 5.38. The third kappa shape index (κ3) is 1.34. The Morgan fingerprint density at radius 2 is 0.731 bits per heavy atom. The van der Waals surface area contributed by atoms with Crippen LogP contribution in [0.15, 0.2) is 0 Å². The lowest BCUT2D eigenvalue weighted by Crippen LogP contribution is -2.93. The Hall–Kier alpha value is -0.840. The molecule has 0 heterocycles. The maximum absolute atomic E-state index is 14.7. The Morgan fingerprint density at radius 1 is 0.462 bits per heavy atom. The zero-order chi connectivity index (χ0) is 21.2. The first-order valence-electron chi connectivity index (χ1n) is 7.20. The first kappa shape index (κ1) is 21.5. The molecule has 2 aliphatic carbocycles. The molecule has 0 aromatic rings. The minimum absolute atomic E-state index is 0.383. The zero-order valence-electron chi connectivity index (χ0n) is 13.7. The molecule has 2 aliphatic rings. The molecule has 0 aromatic heterocycles. The van der Waals surface area contributed by atoms with Gasteiger partial charge in [-0.2, -0.15) is 0 Å². The van der Waals surface area contributed by atoms with Gasteiger partial charge in [0.1, 0.15) is 12.1 Å². The van der Waals surface area contributed by atoms with Gasteiger partial charge in [-0.1, -0.05) is 0 Å². The lowest BCUT2D eigenvalue weighted by molar-refractivity contribution is -0.539. The summed E-state index contributed by atoms with van der Waals surface area (Å²) in [6, 6.07) is 0. The van der Waals surface area contributed by atoms with Crippen molar-refractivity contribution in [3.63, 3.8) is 0 Å². The summed E-state index contributed by atoms with van der Waals surface area (Å²) < 4.78 is 174. The number of rotatable bonds is 1. The SMILES string of the molecule is CC1(F)C(F)(F)C2(C)C(F)(F)C(C)(CF)C(F)(F)C(C)(C1(F)F)C2(F)F. The smallest absolute Gasteiger partial charge is 0.250 e. The molecule has 0 aromatic carbocycles. The van der Waals surface area contributed by atoms with Crippen LogP contribution in [-0.4, -0.2) is 42.0 Å². The van der Waals surface area contributed by atoms with Crippen LogP contribution in [-0.2, 0) is 0 Å². The predicted molar refractivity (Wildman–Crippen MR) is 64.5 cm³/mol. The molecule has 26 heavy (non-hydrogen) atoms. The number of alkyl halides is 12. The average molecular weight is 410 g/mol. The normalized spacial score (nSPS) is 50.3. The van der Waals surface area contributed by atoms with E-state index >= 15 is 0 Å². The molecule has 2 fully saturated rings. The molecule has 2 rings (SSSR count). The molecule has 2 atom stereocenters. The molecule has 0 saturated heterocycles. The van der Waals surface area contributed by atoms with Gasteiger partial charge in [-0.25, -0.2) is 48.3 Å². The van der Waals surface area contributed by atoms with Gasteiger partial charge in [0.15, 0.2) is 10.8 Å². The van der Waals surface area contributed by atoms with E-state index in [0.717, 1.165) is 0 Å².